The van der Waals surface area contributed by atoms with Crippen molar-refractivity contribution in [2.75, 3.05) is 32.8 Å². The van der Waals surface area contributed by atoms with Crippen LogP contribution in [0.3, 0.4) is 0 Å². The lowest BCUT2D eigenvalue weighted by molar-refractivity contribution is -0.137. The number of nitrogens with two attached hydrogens (primary N) is 1. The molecule has 0 aromatic heterocycles. The quantitative estimate of drug-likeness (QED) is 0.758. The van der Waals surface area contributed by atoms with Crippen molar-refractivity contribution in [1.29, 1.82) is 0 Å². The van der Waals surface area contributed by atoms with Gasteiger partial charge in [-0.25, -0.2) is 4.99 Å². The third kappa shape index (κ3) is 3.98. The van der Waals surface area contributed by atoms with Gasteiger partial charge in [0, 0.05) is 26.2 Å². The van der Waals surface area contributed by atoms with E-state index in [1.54, 1.807) is 0 Å². The molecule has 0 aliphatic carbocycles. The number of likely N-dealkylation sites (tertiary alicyclic amines) is 1. The van der Waals surface area contributed by atoms with E-state index >= 15 is 0 Å². The fraction of sp³-hybridized carbons (Fsp3) is 0.895. The topological polar surface area (TPSA) is 91.4 Å². The highest BCUT2D eigenvalue weighted by molar-refractivity contribution is 5.81. The summed E-state index contributed by atoms with van der Waals surface area (Å²) in [6.45, 7) is 9.79. The van der Waals surface area contributed by atoms with Gasteiger partial charge in [-0.05, 0) is 44.4 Å². The molecule has 0 bridgehead atoms. The molecule has 3 unspecified atom stereocenters. The molecule has 1 amide bonds. The van der Waals surface area contributed by atoms with Gasteiger partial charge in [0.25, 0.3) is 0 Å². The molecular formula is C19H34N4O3. The van der Waals surface area contributed by atoms with E-state index in [0.29, 0.717) is 37.6 Å². The zero-order valence-electron chi connectivity index (χ0n) is 16.4. The number of nitrogens with zero attached hydrogens (tertiary/aromatic N) is 3. The first-order valence-electron chi connectivity index (χ1n) is 9.96. The highest BCUT2D eigenvalue weighted by atomic mass is 16.5. The summed E-state index contributed by atoms with van der Waals surface area (Å²) in [7, 11) is 0. The Balaban J connectivity index is 1.51. The average Bonchev–Trinajstić information content (AvgIpc) is 3.18. The molecule has 3 aliphatic rings. The van der Waals surface area contributed by atoms with E-state index in [4.69, 9.17) is 10.5 Å². The van der Waals surface area contributed by atoms with Crippen molar-refractivity contribution in [3.63, 3.8) is 0 Å². The number of carbonyl (C=O) groups is 1. The van der Waals surface area contributed by atoms with E-state index in [0.717, 1.165) is 38.8 Å². The van der Waals surface area contributed by atoms with Gasteiger partial charge < -0.3 is 25.4 Å². The lowest BCUT2D eigenvalue weighted by Gasteiger charge is -2.37. The van der Waals surface area contributed by atoms with Crippen molar-refractivity contribution in [3.8, 4) is 0 Å². The van der Waals surface area contributed by atoms with Gasteiger partial charge in [-0.2, -0.15) is 0 Å². The predicted molar refractivity (Wildman–Crippen MR) is 100 cm³/mol. The molecule has 7 heteroatoms. The summed E-state index contributed by atoms with van der Waals surface area (Å²) in [5, 5.41) is 10.8. The predicted octanol–water partition coefficient (Wildman–Crippen LogP) is 1.02. The van der Waals surface area contributed by atoms with Crippen LogP contribution in [-0.2, 0) is 9.53 Å². The Morgan fingerprint density at radius 3 is 2.65 bits per heavy atom. The normalized spacial score (nSPS) is 33.2. The van der Waals surface area contributed by atoms with Crippen molar-refractivity contribution in [2.24, 2.45) is 28.5 Å². The molecule has 3 N–H and O–H groups in total. The first-order valence-corrected chi connectivity index (χ1v) is 9.96. The number of aliphatic hydroxyl groups excluding tert-OH is 1. The van der Waals surface area contributed by atoms with E-state index in [1.165, 1.54) is 0 Å². The summed E-state index contributed by atoms with van der Waals surface area (Å²) >= 11 is 0. The van der Waals surface area contributed by atoms with Gasteiger partial charge in [0.05, 0.1) is 12.5 Å². The van der Waals surface area contributed by atoms with Crippen LogP contribution in [0.4, 0.5) is 0 Å². The monoisotopic (exact) mass is 366 g/mol. The number of ether oxygens (including phenoxy) is 1. The van der Waals surface area contributed by atoms with Crippen LogP contribution in [0.2, 0.25) is 0 Å². The second kappa shape index (κ2) is 7.72. The van der Waals surface area contributed by atoms with Crippen molar-refractivity contribution < 1.29 is 14.6 Å². The molecule has 3 heterocycles. The van der Waals surface area contributed by atoms with E-state index in [9.17, 15) is 9.90 Å². The van der Waals surface area contributed by atoms with Crippen molar-refractivity contribution in [3.05, 3.63) is 0 Å². The number of rotatable bonds is 5. The molecule has 0 aromatic carbocycles. The molecule has 3 atom stereocenters. The second-order valence-electron chi connectivity index (χ2n) is 8.78. The van der Waals surface area contributed by atoms with Crippen molar-refractivity contribution in [1.82, 2.24) is 9.80 Å². The minimum absolute atomic E-state index is 0.0477. The number of carbonyl (C=O) groups excluding carboxylic acids is 1. The molecule has 3 rings (SSSR count). The summed E-state index contributed by atoms with van der Waals surface area (Å²) in [6, 6.07) is 0. The zero-order chi connectivity index (χ0) is 18.9. The van der Waals surface area contributed by atoms with Crippen LogP contribution in [0.5, 0.6) is 0 Å². The smallest absolute Gasteiger partial charge is 0.228 e. The summed E-state index contributed by atoms with van der Waals surface area (Å²) < 4.78 is 5.34. The Morgan fingerprint density at radius 2 is 2.08 bits per heavy atom. The van der Waals surface area contributed by atoms with Crippen LogP contribution in [0.25, 0.3) is 0 Å². The number of amides is 1. The molecule has 2 saturated heterocycles. The maximum Gasteiger partial charge on any atom is 0.228 e. The van der Waals surface area contributed by atoms with Gasteiger partial charge in [0.1, 0.15) is 5.54 Å². The molecular weight excluding hydrogens is 332 g/mol. The lowest BCUT2D eigenvalue weighted by atomic mass is 9.89. The van der Waals surface area contributed by atoms with Crippen LogP contribution in [0, 0.1) is 17.8 Å². The molecule has 0 spiro atoms. The number of piperidine rings is 1. The first kappa shape index (κ1) is 19.4. The lowest BCUT2D eigenvalue weighted by Crippen LogP contribution is -2.51. The van der Waals surface area contributed by atoms with Gasteiger partial charge in [-0.3, -0.25) is 4.79 Å². The Morgan fingerprint density at radius 1 is 1.38 bits per heavy atom. The van der Waals surface area contributed by atoms with Crippen LogP contribution in [0.15, 0.2) is 4.99 Å². The Kier molecular flexibility index (Phi) is 5.77. The van der Waals surface area contributed by atoms with Crippen molar-refractivity contribution >= 4 is 11.9 Å². The molecule has 7 nitrogen and oxygen atoms in total. The zero-order valence-corrected chi connectivity index (χ0v) is 16.4. The molecule has 0 radical (unpaired) electrons. The van der Waals surface area contributed by atoms with Gasteiger partial charge in [0.15, 0.2) is 12.2 Å². The van der Waals surface area contributed by atoms with Crippen molar-refractivity contribution in [2.45, 2.75) is 58.2 Å². The summed E-state index contributed by atoms with van der Waals surface area (Å²) in [4.78, 5) is 20.9. The van der Waals surface area contributed by atoms with Crippen LogP contribution >= 0.6 is 0 Å². The maximum atomic E-state index is 12.5. The second-order valence-corrected chi connectivity index (χ2v) is 8.78. The van der Waals surface area contributed by atoms with E-state index in [1.807, 2.05) is 16.7 Å². The molecule has 3 aliphatic heterocycles. The highest BCUT2D eigenvalue weighted by Crippen LogP contribution is 2.33. The standard InChI is InChI=1S/C19H34N4O3/c1-13(2)10-19(3)17(25)23(18(20)21-19)11-14-4-7-22(8-5-14)16(24)15-6-9-26-12-15/h13-15,17,25H,4-12H2,1-3H3,(H2,20,21). The SMILES string of the molecule is CC(C)CC1(C)N=C(N)N(CC2CCN(C(=O)C3CCOC3)CC2)C1O. The third-order valence-electron chi connectivity index (χ3n) is 6.00. The van der Waals surface area contributed by atoms with Gasteiger partial charge in [0.2, 0.25) is 5.91 Å². The largest absolute Gasteiger partial charge is 0.381 e. The summed E-state index contributed by atoms with van der Waals surface area (Å²) in [5.74, 6) is 1.60. The summed E-state index contributed by atoms with van der Waals surface area (Å²) in [6.07, 6.45) is 2.87. The number of hydrogen-bond donors (Lipinski definition) is 2. The van der Waals surface area contributed by atoms with Gasteiger partial charge >= 0.3 is 0 Å². The highest BCUT2D eigenvalue weighted by Gasteiger charge is 2.44. The average molecular weight is 367 g/mol. The Bertz CT molecular complexity index is 539. The maximum absolute atomic E-state index is 12.5. The van der Waals surface area contributed by atoms with E-state index < -0.39 is 11.8 Å². The molecule has 148 valence electrons. The number of guanidine groups is 1. The van der Waals surface area contributed by atoms with Crippen LogP contribution in [-0.4, -0.2) is 71.4 Å². The third-order valence-corrected chi connectivity index (χ3v) is 6.00. The first-order chi connectivity index (χ1) is 12.3. The van der Waals surface area contributed by atoms with Crippen LogP contribution < -0.4 is 5.73 Å². The Labute approximate surface area is 156 Å². The molecule has 0 saturated carbocycles. The fourth-order valence-electron chi connectivity index (χ4n) is 4.62. The molecule has 2 fully saturated rings. The summed E-state index contributed by atoms with van der Waals surface area (Å²) in [5.41, 5.74) is 5.60. The van der Waals surface area contributed by atoms with Gasteiger partial charge in [-0.1, -0.05) is 13.8 Å². The van der Waals surface area contributed by atoms with Crippen LogP contribution in [0.1, 0.15) is 46.5 Å². The minimum Gasteiger partial charge on any atom is -0.381 e. The number of hydrogen-bond acceptors (Lipinski definition) is 6. The molecule has 26 heavy (non-hydrogen) atoms. The minimum atomic E-state index is -0.666. The number of aliphatic hydroxyl groups is 1. The Hall–Kier alpha value is -1.34. The number of aliphatic imine (C=N–C) groups is 1. The van der Waals surface area contributed by atoms with E-state index in [2.05, 4.69) is 18.8 Å². The van der Waals surface area contributed by atoms with Gasteiger partial charge in [-0.15, -0.1) is 0 Å². The molecule has 0 aromatic rings. The van der Waals surface area contributed by atoms with E-state index in [-0.39, 0.29) is 11.8 Å². The fourth-order valence-corrected chi connectivity index (χ4v) is 4.62.